The van der Waals surface area contributed by atoms with Gasteiger partial charge in [0.2, 0.25) is 17.7 Å². The summed E-state index contributed by atoms with van der Waals surface area (Å²) in [4.78, 5) is 37.0. The Labute approximate surface area is 244 Å². The molecule has 2 fully saturated rings. The van der Waals surface area contributed by atoms with Crippen LogP contribution < -0.4 is 21.3 Å². The third kappa shape index (κ3) is 6.24. The quantitative estimate of drug-likeness (QED) is 0.239. The van der Waals surface area contributed by atoms with Crippen LogP contribution in [0.5, 0.6) is 5.75 Å². The number of nitrogens with zero attached hydrogens (tertiary/aromatic N) is 1. The average Bonchev–Trinajstić information content (AvgIpc) is 2.88. The molecule has 0 bridgehead atoms. The Morgan fingerprint density at radius 3 is 2.35 bits per heavy atom. The number of halogens is 3. The molecular weight excluding hydrogens is 608 g/mol. The molecule has 2 aliphatic rings. The highest BCUT2D eigenvalue weighted by atomic mass is 35.5. The van der Waals surface area contributed by atoms with Crippen molar-refractivity contribution in [1.82, 2.24) is 14.9 Å². The van der Waals surface area contributed by atoms with Gasteiger partial charge in [-0.3, -0.25) is 14.4 Å². The van der Waals surface area contributed by atoms with Crippen LogP contribution in [-0.4, -0.2) is 59.8 Å². The number of rotatable bonds is 6. The predicted molar refractivity (Wildman–Crippen MR) is 150 cm³/mol. The summed E-state index contributed by atoms with van der Waals surface area (Å²) in [5.41, 5.74) is -0.0804. The summed E-state index contributed by atoms with van der Waals surface area (Å²) in [5, 5.41) is 20.7. The van der Waals surface area contributed by atoms with Crippen LogP contribution in [0.1, 0.15) is 25.7 Å². The molecule has 16 heteroatoms. The van der Waals surface area contributed by atoms with Gasteiger partial charge in [-0.15, -0.1) is 0 Å². The number of hydrogen-bond donors (Lipinski definition) is 5. The number of hydrogen-bond acceptors (Lipinski definition) is 7. The first-order valence-electron chi connectivity index (χ1n) is 12.0. The van der Waals surface area contributed by atoms with E-state index in [-0.39, 0.29) is 60.3 Å². The molecule has 2 aliphatic heterocycles. The lowest BCUT2D eigenvalue weighted by atomic mass is 9.95. The summed E-state index contributed by atoms with van der Waals surface area (Å²) in [6.07, 6.45) is -0.218. The van der Waals surface area contributed by atoms with E-state index in [0.29, 0.717) is 4.31 Å². The average molecular weight is 633 g/mol. The maximum Gasteiger partial charge on any atom is 0.272 e. The van der Waals surface area contributed by atoms with Crippen LogP contribution in [0.25, 0.3) is 0 Å². The van der Waals surface area contributed by atoms with E-state index in [0.717, 1.165) is 6.07 Å². The van der Waals surface area contributed by atoms with E-state index in [9.17, 15) is 32.3 Å². The first kappa shape index (κ1) is 29.8. The maximum absolute atomic E-state index is 14.0. The Bertz CT molecular complexity index is 1490. The molecule has 4 rings (SSSR count). The molecular formula is C24H24Cl2FN5O6S2. The van der Waals surface area contributed by atoms with Crippen LogP contribution >= 0.6 is 35.4 Å². The Morgan fingerprint density at radius 1 is 1.02 bits per heavy atom. The molecule has 0 saturated carbocycles. The van der Waals surface area contributed by atoms with E-state index in [1.165, 1.54) is 24.3 Å². The van der Waals surface area contributed by atoms with Gasteiger partial charge < -0.3 is 26.4 Å². The number of aromatic hydroxyl groups is 1. The highest BCUT2D eigenvalue weighted by molar-refractivity contribution is 7.90. The maximum atomic E-state index is 14.0. The largest absolute Gasteiger partial charge is 0.504 e. The van der Waals surface area contributed by atoms with Crippen LogP contribution in [0.2, 0.25) is 10.0 Å². The zero-order valence-electron chi connectivity index (χ0n) is 20.7. The minimum absolute atomic E-state index is 0.115. The molecule has 2 heterocycles. The molecule has 214 valence electrons. The van der Waals surface area contributed by atoms with Crippen LogP contribution in [0.3, 0.4) is 0 Å². The molecule has 0 spiro atoms. The Morgan fingerprint density at radius 2 is 1.68 bits per heavy atom. The van der Waals surface area contributed by atoms with Crippen LogP contribution in [0, 0.1) is 11.7 Å². The van der Waals surface area contributed by atoms with E-state index >= 15 is 0 Å². The molecule has 2 aromatic rings. The van der Waals surface area contributed by atoms with Crippen molar-refractivity contribution in [2.24, 2.45) is 5.92 Å². The monoisotopic (exact) mass is 631 g/mol. The SMILES string of the molecule is O=C1CC(C(=O)N(C2CCNC(=O)C2)S(=O)(=O)c2c(Cl)ccc(NC(=S)Nc3cccc(F)c3Cl)c2O)CCN1. The molecule has 2 aromatic carbocycles. The molecule has 11 nitrogen and oxygen atoms in total. The summed E-state index contributed by atoms with van der Waals surface area (Å²) >= 11 is 17.4. The first-order valence-corrected chi connectivity index (χ1v) is 14.7. The Kier molecular flexibility index (Phi) is 9.02. The van der Waals surface area contributed by atoms with Crippen molar-refractivity contribution in [3.05, 3.63) is 46.2 Å². The molecule has 2 atom stereocenters. The number of thiocarbonyl (C=S) groups is 1. The van der Waals surface area contributed by atoms with E-state index in [4.69, 9.17) is 35.4 Å². The van der Waals surface area contributed by atoms with Gasteiger partial charge in [-0.1, -0.05) is 29.3 Å². The number of phenolic OH excluding ortho intramolecular Hbond substituents is 1. The van der Waals surface area contributed by atoms with Gasteiger partial charge in [-0.25, -0.2) is 17.1 Å². The first-order chi connectivity index (χ1) is 18.9. The van der Waals surface area contributed by atoms with Gasteiger partial charge >= 0.3 is 0 Å². The fraction of sp³-hybridized carbons (Fsp3) is 0.333. The smallest absolute Gasteiger partial charge is 0.272 e. The van der Waals surface area contributed by atoms with Gasteiger partial charge in [0.25, 0.3) is 10.0 Å². The number of carbonyl (C=O) groups is 3. The number of nitrogens with one attached hydrogen (secondary N) is 4. The van der Waals surface area contributed by atoms with Gasteiger partial charge in [0.05, 0.1) is 27.5 Å². The van der Waals surface area contributed by atoms with Crippen LogP contribution in [0.15, 0.2) is 35.2 Å². The van der Waals surface area contributed by atoms with Crippen molar-refractivity contribution in [3.63, 3.8) is 0 Å². The summed E-state index contributed by atoms with van der Waals surface area (Å²) in [7, 11) is -4.87. The molecule has 40 heavy (non-hydrogen) atoms. The summed E-state index contributed by atoms with van der Waals surface area (Å²) in [5.74, 6) is -4.24. The fourth-order valence-corrected chi connectivity index (χ4v) is 7.17. The molecule has 2 unspecified atom stereocenters. The number of amides is 3. The van der Waals surface area contributed by atoms with Gasteiger partial charge in [0.15, 0.2) is 10.9 Å². The van der Waals surface area contributed by atoms with E-state index < -0.39 is 61.2 Å². The van der Waals surface area contributed by atoms with Crippen molar-refractivity contribution < 1.29 is 32.3 Å². The summed E-state index contributed by atoms with van der Waals surface area (Å²) < 4.78 is 42.5. The molecule has 3 amide bonds. The van der Waals surface area contributed by atoms with Gasteiger partial charge in [0, 0.05) is 31.8 Å². The lowest BCUT2D eigenvalue weighted by Gasteiger charge is -2.36. The third-order valence-corrected chi connectivity index (χ3v) is 9.35. The lowest BCUT2D eigenvalue weighted by Crippen LogP contribution is -2.53. The highest BCUT2D eigenvalue weighted by Gasteiger charge is 2.44. The molecule has 2 saturated heterocycles. The predicted octanol–water partition coefficient (Wildman–Crippen LogP) is 2.97. The van der Waals surface area contributed by atoms with E-state index in [2.05, 4.69) is 21.3 Å². The van der Waals surface area contributed by atoms with Crippen molar-refractivity contribution in [1.29, 1.82) is 0 Å². The molecule has 0 aromatic heterocycles. The van der Waals surface area contributed by atoms with Gasteiger partial charge in [-0.05, 0) is 49.3 Å². The summed E-state index contributed by atoms with van der Waals surface area (Å²) in [6.45, 7) is 0.303. The normalized spacial score (nSPS) is 19.3. The standard InChI is InChI=1S/C24H24Cl2FN5O6S2/c25-14-4-5-17(31-24(39)30-16-3-1-2-15(27)20(16)26)21(35)22(14)40(37,38)32(13-7-9-29-19(34)11-13)23(36)12-6-8-28-18(33)10-12/h1-5,12-13,35H,6-11H2,(H,28,33)(H,29,34)(H2,30,31,39). The Hall–Kier alpha value is -3.20. The van der Waals surface area contributed by atoms with Gasteiger partial charge in [0.1, 0.15) is 10.7 Å². The van der Waals surface area contributed by atoms with E-state index in [1.54, 1.807) is 0 Å². The number of benzene rings is 2. The third-order valence-electron chi connectivity index (χ3n) is 6.41. The Balaban J connectivity index is 1.70. The number of carbonyl (C=O) groups excluding carboxylic acids is 3. The topological polar surface area (TPSA) is 157 Å². The van der Waals surface area contributed by atoms with Crippen LogP contribution in [-0.2, 0) is 24.4 Å². The van der Waals surface area contributed by atoms with Crippen LogP contribution in [0.4, 0.5) is 15.8 Å². The van der Waals surface area contributed by atoms with E-state index in [1.807, 2.05) is 0 Å². The van der Waals surface area contributed by atoms with Crippen molar-refractivity contribution in [2.45, 2.75) is 36.6 Å². The summed E-state index contributed by atoms with van der Waals surface area (Å²) in [6, 6.07) is 5.36. The van der Waals surface area contributed by atoms with Crippen molar-refractivity contribution in [2.75, 3.05) is 23.7 Å². The molecule has 5 N–H and O–H groups in total. The number of piperidine rings is 2. The minimum atomic E-state index is -4.87. The second kappa shape index (κ2) is 12.1. The minimum Gasteiger partial charge on any atom is -0.504 e. The number of phenols is 1. The zero-order valence-corrected chi connectivity index (χ0v) is 23.8. The molecule has 0 aliphatic carbocycles. The second-order valence-corrected chi connectivity index (χ2v) is 12.1. The fourth-order valence-electron chi connectivity index (χ4n) is 4.50. The number of anilines is 2. The molecule has 0 radical (unpaired) electrons. The zero-order chi connectivity index (χ0) is 29.2. The number of sulfonamides is 1. The lowest BCUT2D eigenvalue weighted by molar-refractivity contribution is -0.138. The van der Waals surface area contributed by atoms with Crippen molar-refractivity contribution >= 4 is 79.7 Å². The second-order valence-electron chi connectivity index (χ2n) is 9.13. The van der Waals surface area contributed by atoms with Crippen molar-refractivity contribution in [3.8, 4) is 5.75 Å². The highest BCUT2D eigenvalue weighted by Crippen LogP contribution is 2.40. The van der Waals surface area contributed by atoms with Gasteiger partial charge in [-0.2, -0.15) is 0 Å².